The zero-order valence-corrected chi connectivity index (χ0v) is 9.37. The first-order valence-electron chi connectivity index (χ1n) is 5.82. The summed E-state index contributed by atoms with van der Waals surface area (Å²) in [5.74, 6) is 0.292. The van der Waals surface area contributed by atoms with Gasteiger partial charge in [-0.25, -0.2) is 0 Å². The monoisotopic (exact) mass is 244 g/mol. The van der Waals surface area contributed by atoms with Crippen LogP contribution in [0.25, 0.3) is 0 Å². The number of aliphatic hydroxyl groups excluding tert-OH is 1. The van der Waals surface area contributed by atoms with Gasteiger partial charge in [-0.15, -0.1) is 0 Å². The average molecular weight is 244 g/mol. The van der Waals surface area contributed by atoms with Gasteiger partial charge in [0.2, 0.25) is 0 Å². The van der Waals surface area contributed by atoms with Crippen molar-refractivity contribution in [2.75, 3.05) is 0 Å². The van der Waals surface area contributed by atoms with Crippen molar-refractivity contribution in [1.29, 1.82) is 0 Å². The fraction of sp³-hybridized carbons (Fsp3) is 0.538. The minimum Gasteiger partial charge on any atom is -0.393 e. The molecule has 0 radical (unpaired) electrons. The van der Waals surface area contributed by atoms with Crippen molar-refractivity contribution in [3.8, 4) is 0 Å². The summed E-state index contributed by atoms with van der Waals surface area (Å²) in [7, 11) is 0. The molecular formula is C13H15F3O. The molecule has 0 unspecified atom stereocenters. The van der Waals surface area contributed by atoms with Crippen LogP contribution in [0, 0.1) is 0 Å². The van der Waals surface area contributed by atoms with E-state index in [0.29, 0.717) is 5.92 Å². The Morgan fingerprint density at radius 3 is 1.94 bits per heavy atom. The van der Waals surface area contributed by atoms with Crippen molar-refractivity contribution < 1.29 is 18.3 Å². The van der Waals surface area contributed by atoms with E-state index in [2.05, 4.69) is 0 Å². The standard InChI is InChI=1S/C13H15F3O/c14-13(15,16)11-5-1-9(2-6-11)10-3-7-12(17)8-4-10/h1-2,5-6,10,12,17H,3-4,7-8H2. The Bertz CT molecular complexity index is 361. The molecule has 2 rings (SSSR count). The van der Waals surface area contributed by atoms with Crippen molar-refractivity contribution in [2.45, 2.75) is 43.9 Å². The molecule has 0 atom stereocenters. The van der Waals surface area contributed by atoms with Gasteiger partial charge in [-0.1, -0.05) is 12.1 Å². The third-order valence-electron chi connectivity index (χ3n) is 3.41. The van der Waals surface area contributed by atoms with Gasteiger partial charge in [0.15, 0.2) is 0 Å². The predicted octanol–water partition coefficient (Wildman–Crippen LogP) is 3.72. The molecule has 94 valence electrons. The van der Waals surface area contributed by atoms with Crippen LogP contribution < -0.4 is 0 Å². The van der Waals surface area contributed by atoms with Crippen molar-refractivity contribution >= 4 is 0 Å². The minimum atomic E-state index is -4.26. The number of halogens is 3. The summed E-state index contributed by atoms with van der Waals surface area (Å²) in [6.45, 7) is 0. The summed E-state index contributed by atoms with van der Waals surface area (Å²) in [6, 6.07) is 5.40. The third kappa shape index (κ3) is 3.00. The van der Waals surface area contributed by atoms with Gasteiger partial charge < -0.3 is 5.11 Å². The lowest BCUT2D eigenvalue weighted by Gasteiger charge is -2.25. The summed E-state index contributed by atoms with van der Waals surface area (Å²) < 4.78 is 37.1. The second-order valence-electron chi connectivity index (χ2n) is 4.63. The highest BCUT2D eigenvalue weighted by Gasteiger charge is 2.30. The van der Waals surface area contributed by atoms with E-state index in [-0.39, 0.29) is 6.10 Å². The molecule has 0 aromatic heterocycles. The van der Waals surface area contributed by atoms with Crippen molar-refractivity contribution in [3.63, 3.8) is 0 Å². The zero-order chi connectivity index (χ0) is 12.5. The Morgan fingerprint density at radius 2 is 1.47 bits per heavy atom. The minimum absolute atomic E-state index is 0.235. The molecule has 1 aromatic rings. The smallest absolute Gasteiger partial charge is 0.393 e. The average Bonchev–Trinajstić information content (AvgIpc) is 2.29. The topological polar surface area (TPSA) is 20.2 Å². The first-order chi connectivity index (χ1) is 7.97. The number of alkyl halides is 3. The van der Waals surface area contributed by atoms with Gasteiger partial charge >= 0.3 is 6.18 Å². The first-order valence-corrected chi connectivity index (χ1v) is 5.82. The van der Waals surface area contributed by atoms with E-state index in [4.69, 9.17) is 0 Å². The van der Waals surface area contributed by atoms with E-state index < -0.39 is 11.7 Å². The Labute approximate surface area is 98.3 Å². The van der Waals surface area contributed by atoms with Gasteiger partial charge in [0.1, 0.15) is 0 Å². The van der Waals surface area contributed by atoms with Crippen molar-refractivity contribution in [3.05, 3.63) is 35.4 Å². The molecule has 0 bridgehead atoms. The summed E-state index contributed by atoms with van der Waals surface area (Å²) in [6.07, 6.45) is -1.31. The van der Waals surface area contributed by atoms with Crippen LogP contribution in [0.15, 0.2) is 24.3 Å². The van der Waals surface area contributed by atoms with Gasteiger partial charge in [-0.05, 0) is 49.3 Å². The van der Waals surface area contributed by atoms with Crippen LogP contribution in [-0.2, 0) is 6.18 Å². The quantitative estimate of drug-likeness (QED) is 0.798. The van der Waals surface area contributed by atoms with Crippen LogP contribution in [0.4, 0.5) is 13.2 Å². The lowest BCUT2D eigenvalue weighted by atomic mass is 9.82. The lowest BCUT2D eigenvalue weighted by Crippen LogP contribution is -2.17. The maximum Gasteiger partial charge on any atom is 0.416 e. The lowest BCUT2D eigenvalue weighted by molar-refractivity contribution is -0.137. The van der Waals surface area contributed by atoms with Gasteiger partial charge in [0.25, 0.3) is 0 Å². The number of hydrogen-bond acceptors (Lipinski definition) is 1. The zero-order valence-electron chi connectivity index (χ0n) is 9.37. The maximum absolute atomic E-state index is 12.4. The molecule has 1 aromatic carbocycles. The number of hydrogen-bond donors (Lipinski definition) is 1. The molecule has 1 saturated carbocycles. The molecule has 0 heterocycles. The molecule has 0 aliphatic heterocycles. The number of aliphatic hydroxyl groups is 1. The van der Waals surface area contributed by atoms with E-state index in [1.54, 1.807) is 12.1 Å². The molecular weight excluding hydrogens is 229 g/mol. The van der Waals surface area contributed by atoms with Crippen LogP contribution >= 0.6 is 0 Å². The maximum atomic E-state index is 12.4. The Kier molecular flexibility index (Phi) is 3.43. The predicted molar refractivity (Wildman–Crippen MR) is 58.7 cm³/mol. The van der Waals surface area contributed by atoms with Crippen LogP contribution in [0.1, 0.15) is 42.7 Å². The van der Waals surface area contributed by atoms with Crippen LogP contribution in [-0.4, -0.2) is 11.2 Å². The first kappa shape index (κ1) is 12.4. The SMILES string of the molecule is OC1CCC(c2ccc(C(F)(F)F)cc2)CC1. The highest BCUT2D eigenvalue weighted by Crippen LogP contribution is 2.35. The molecule has 17 heavy (non-hydrogen) atoms. The second-order valence-corrected chi connectivity index (χ2v) is 4.63. The van der Waals surface area contributed by atoms with E-state index in [1.165, 1.54) is 0 Å². The van der Waals surface area contributed by atoms with Crippen molar-refractivity contribution in [1.82, 2.24) is 0 Å². The highest BCUT2D eigenvalue weighted by atomic mass is 19.4. The molecule has 4 heteroatoms. The highest BCUT2D eigenvalue weighted by molar-refractivity contribution is 5.27. The Balaban J connectivity index is 2.08. The summed E-state index contributed by atoms with van der Waals surface area (Å²) in [5, 5.41) is 9.38. The molecule has 1 aliphatic rings. The fourth-order valence-corrected chi connectivity index (χ4v) is 2.35. The molecule has 0 saturated heterocycles. The number of rotatable bonds is 1. The van der Waals surface area contributed by atoms with Gasteiger partial charge in [-0.3, -0.25) is 0 Å². The fourth-order valence-electron chi connectivity index (χ4n) is 2.35. The van der Waals surface area contributed by atoms with Crippen LogP contribution in [0.2, 0.25) is 0 Å². The van der Waals surface area contributed by atoms with E-state index in [9.17, 15) is 18.3 Å². The molecule has 0 spiro atoms. The van der Waals surface area contributed by atoms with Gasteiger partial charge in [0, 0.05) is 0 Å². The van der Waals surface area contributed by atoms with Crippen LogP contribution in [0.5, 0.6) is 0 Å². The normalized spacial score (nSPS) is 25.9. The molecule has 1 fully saturated rings. The van der Waals surface area contributed by atoms with E-state index in [0.717, 1.165) is 43.4 Å². The Morgan fingerprint density at radius 1 is 0.941 bits per heavy atom. The van der Waals surface area contributed by atoms with Gasteiger partial charge in [-0.2, -0.15) is 13.2 Å². The van der Waals surface area contributed by atoms with Gasteiger partial charge in [0.05, 0.1) is 11.7 Å². The second kappa shape index (κ2) is 4.69. The number of benzene rings is 1. The van der Waals surface area contributed by atoms with E-state index >= 15 is 0 Å². The summed E-state index contributed by atoms with van der Waals surface area (Å²) >= 11 is 0. The summed E-state index contributed by atoms with van der Waals surface area (Å²) in [4.78, 5) is 0. The van der Waals surface area contributed by atoms with E-state index in [1.807, 2.05) is 0 Å². The van der Waals surface area contributed by atoms with Crippen LogP contribution in [0.3, 0.4) is 0 Å². The summed E-state index contributed by atoms with van der Waals surface area (Å²) in [5.41, 5.74) is 0.349. The Hall–Kier alpha value is -1.03. The molecule has 1 nitrogen and oxygen atoms in total. The molecule has 1 aliphatic carbocycles. The van der Waals surface area contributed by atoms with Crippen molar-refractivity contribution in [2.24, 2.45) is 0 Å². The third-order valence-corrected chi connectivity index (χ3v) is 3.41. The largest absolute Gasteiger partial charge is 0.416 e. The molecule has 0 amide bonds. The molecule has 1 N–H and O–H groups in total.